The van der Waals surface area contributed by atoms with Gasteiger partial charge in [0.05, 0.1) is 11.9 Å². The minimum Gasteiger partial charge on any atom is -0.338 e. The van der Waals surface area contributed by atoms with Crippen molar-refractivity contribution in [3.8, 4) is 17.3 Å². The lowest BCUT2D eigenvalue weighted by molar-refractivity contribution is 1.05. The number of rotatable bonds is 1. The molecule has 19 heavy (non-hydrogen) atoms. The van der Waals surface area contributed by atoms with E-state index in [0.29, 0.717) is 21.0 Å². The first-order valence-corrected chi connectivity index (χ1v) is 6.24. The number of benzene rings is 1. The van der Waals surface area contributed by atoms with Crippen LogP contribution >= 0.6 is 23.8 Å². The van der Waals surface area contributed by atoms with Crippen LogP contribution in [0.25, 0.3) is 16.9 Å². The van der Waals surface area contributed by atoms with Gasteiger partial charge >= 0.3 is 0 Å². The minimum atomic E-state index is 0.408. The molecule has 2 aromatic heterocycles. The molecular formula is C13H7ClN4S. The van der Waals surface area contributed by atoms with Crippen molar-refractivity contribution in [1.82, 2.24) is 14.4 Å². The number of H-pyrrole nitrogens is 1. The van der Waals surface area contributed by atoms with Crippen molar-refractivity contribution in [3.63, 3.8) is 0 Å². The van der Waals surface area contributed by atoms with Gasteiger partial charge in [-0.1, -0.05) is 23.7 Å². The highest BCUT2D eigenvalue weighted by atomic mass is 35.5. The van der Waals surface area contributed by atoms with Crippen LogP contribution in [0.5, 0.6) is 0 Å². The number of nitrogens with one attached hydrogen (secondary N) is 1. The molecule has 3 aromatic rings. The Bertz CT molecular complexity index is 855. The van der Waals surface area contributed by atoms with Crippen LogP contribution in [0, 0.1) is 16.1 Å². The summed E-state index contributed by atoms with van der Waals surface area (Å²) in [6.07, 6.45) is 3.30. The molecule has 1 N–H and O–H groups in total. The molecule has 0 radical (unpaired) electrons. The molecule has 0 bridgehead atoms. The first kappa shape index (κ1) is 11.9. The Morgan fingerprint density at radius 3 is 2.74 bits per heavy atom. The summed E-state index contributed by atoms with van der Waals surface area (Å²) < 4.78 is 2.10. The zero-order chi connectivity index (χ0) is 13.4. The maximum absolute atomic E-state index is 9.07. The number of imidazole rings is 1. The van der Waals surface area contributed by atoms with Crippen LogP contribution in [-0.4, -0.2) is 14.4 Å². The van der Waals surface area contributed by atoms with Crippen LogP contribution in [0.15, 0.2) is 36.7 Å². The molecule has 6 heteroatoms. The van der Waals surface area contributed by atoms with Crippen molar-refractivity contribution in [3.05, 3.63) is 52.0 Å². The third-order valence-electron chi connectivity index (χ3n) is 2.79. The fourth-order valence-electron chi connectivity index (χ4n) is 1.86. The first-order valence-electron chi connectivity index (χ1n) is 5.45. The number of nitriles is 1. The van der Waals surface area contributed by atoms with E-state index in [4.69, 9.17) is 29.1 Å². The Balaban J connectivity index is 2.27. The van der Waals surface area contributed by atoms with Crippen molar-refractivity contribution >= 4 is 29.5 Å². The highest BCUT2D eigenvalue weighted by Crippen LogP contribution is 2.22. The number of nitrogens with zero attached hydrogens (tertiary/aromatic N) is 3. The van der Waals surface area contributed by atoms with Gasteiger partial charge in [0.2, 0.25) is 4.77 Å². The number of aromatic nitrogens is 3. The fourth-order valence-corrected chi connectivity index (χ4v) is 2.19. The molecule has 2 heterocycles. The summed E-state index contributed by atoms with van der Waals surface area (Å²) in [5.74, 6) is 0. The molecule has 0 amide bonds. The Labute approximate surface area is 118 Å². The van der Waals surface area contributed by atoms with Gasteiger partial charge in [0.15, 0.2) is 0 Å². The molecule has 0 aliphatic heterocycles. The van der Waals surface area contributed by atoms with Crippen LogP contribution in [0.3, 0.4) is 0 Å². The van der Waals surface area contributed by atoms with Crippen molar-refractivity contribution in [2.24, 2.45) is 0 Å². The lowest BCUT2D eigenvalue weighted by atomic mass is 10.2. The molecule has 0 atom stereocenters. The summed E-state index contributed by atoms with van der Waals surface area (Å²) in [5, 5.41) is 9.74. The Hall–Kier alpha value is -2.16. The third-order valence-corrected chi connectivity index (χ3v) is 3.35. The molecule has 1 aromatic carbocycles. The van der Waals surface area contributed by atoms with Crippen molar-refractivity contribution in [2.75, 3.05) is 0 Å². The van der Waals surface area contributed by atoms with Gasteiger partial charge in [0.1, 0.15) is 17.3 Å². The van der Waals surface area contributed by atoms with E-state index in [1.54, 1.807) is 4.40 Å². The van der Waals surface area contributed by atoms with Crippen LogP contribution in [0.2, 0.25) is 5.02 Å². The van der Waals surface area contributed by atoms with Gasteiger partial charge < -0.3 is 4.98 Å². The van der Waals surface area contributed by atoms with Crippen molar-refractivity contribution in [2.45, 2.75) is 0 Å². The highest BCUT2D eigenvalue weighted by Gasteiger charge is 2.08. The smallest absolute Gasteiger partial charge is 0.205 e. The lowest BCUT2D eigenvalue weighted by Crippen LogP contribution is -1.92. The summed E-state index contributed by atoms with van der Waals surface area (Å²) in [4.78, 5) is 7.20. The molecule has 92 valence electrons. The molecule has 0 aliphatic rings. The number of fused-ring (bicyclic) bond motifs is 1. The summed E-state index contributed by atoms with van der Waals surface area (Å²) in [5.41, 5.74) is 2.92. The summed E-state index contributed by atoms with van der Waals surface area (Å²) in [6.45, 7) is 0. The van der Waals surface area contributed by atoms with Gasteiger partial charge in [-0.05, 0) is 29.9 Å². The van der Waals surface area contributed by atoms with Crippen LogP contribution in [-0.2, 0) is 0 Å². The third kappa shape index (κ3) is 2.01. The van der Waals surface area contributed by atoms with E-state index in [0.717, 1.165) is 11.3 Å². The molecule has 0 spiro atoms. The van der Waals surface area contributed by atoms with Crippen LogP contribution in [0.1, 0.15) is 5.56 Å². The Kier molecular flexibility index (Phi) is 2.82. The quantitative estimate of drug-likeness (QED) is 0.696. The van der Waals surface area contributed by atoms with E-state index in [2.05, 4.69) is 16.0 Å². The second-order valence-corrected chi connectivity index (χ2v) is 4.76. The van der Waals surface area contributed by atoms with E-state index >= 15 is 0 Å². The van der Waals surface area contributed by atoms with Gasteiger partial charge in [0.25, 0.3) is 0 Å². The number of hydrogen-bond acceptors (Lipinski definition) is 3. The van der Waals surface area contributed by atoms with Crippen LogP contribution in [0.4, 0.5) is 0 Å². The van der Waals surface area contributed by atoms with Gasteiger partial charge in [-0.15, -0.1) is 0 Å². The van der Waals surface area contributed by atoms with E-state index in [1.165, 1.54) is 6.20 Å². The molecule has 0 fully saturated rings. The highest BCUT2D eigenvalue weighted by molar-refractivity contribution is 7.71. The van der Waals surface area contributed by atoms with Crippen molar-refractivity contribution in [1.29, 1.82) is 5.26 Å². The lowest BCUT2D eigenvalue weighted by Gasteiger charge is -1.96. The Morgan fingerprint density at radius 2 is 2.05 bits per heavy atom. The number of aromatic amines is 1. The molecular weight excluding hydrogens is 280 g/mol. The first-order chi connectivity index (χ1) is 9.19. The van der Waals surface area contributed by atoms with E-state index < -0.39 is 0 Å². The van der Waals surface area contributed by atoms with Gasteiger partial charge in [-0.3, -0.25) is 4.40 Å². The standard InChI is InChI=1S/C13H7ClN4S/c14-10-3-1-8(2-4-10)11-7-18-12(17-11)9(5-15)6-16-13(18)19/h1-4,6-7,17H. The molecule has 3 rings (SSSR count). The summed E-state index contributed by atoms with van der Waals surface area (Å²) in [7, 11) is 0. The topological polar surface area (TPSA) is 56.9 Å². The summed E-state index contributed by atoms with van der Waals surface area (Å²) >= 11 is 11.0. The van der Waals surface area contributed by atoms with Gasteiger partial charge in [-0.2, -0.15) is 5.26 Å². The number of hydrogen-bond donors (Lipinski definition) is 1. The monoisotopic (exact) mass is 286 g/mol. The maximum Gasteiger partial charge on any atom is 0.205 e. The SMILES string of the molecule is N#Cc1cnc(=S)n2cc(-c3ccc(Cl)cc3)[nH]c12. The Morgan fingerprint density at radius 1 is 1.32 bits per heavy atom. The van der Waals surface area contributed by atoms with E-state index in [1.807, 2.05) is 30.5 Å². The van der Waals surface area contributed by atoms with Crippen molar-refractivity contribution < 1.29 is 0 Å². The predicted molar refractivity (Wildman–Crippen MR) is 75.5 cm³/mol. The molecule has 0 saturated carbocycles. The molecule has 4 nitrogen and oxygen atoms in total. The van der Waals surface area contributed by atoms with Crippen LogP contribution < -0.4 is 0 Å². The molecule has 0 unspecified atom stereocenters. The zero-order valence-corrected chi connectivity index (χ0v) is 11.2. The summed E-state index contributed by atoms with van der Waals surface area (Å²) in [6, 6.07) is 9.51. The van der Waals surface area contributed by atoms with E-state index in [-0.39, 0.29) is 0 Å². The average Bonchev–Trinajstić information content (AvgIpc) is 2.86. The maximum atomic E-state index is 9.07. The average molecular weight is 287 g/mol. The molecule has 0 saturated heterocycles. The fraction of sp³-hybridized carbons (Fsp3) is 0. The second-order valence-electron chi connectivity index (χ2n) is 3.96. The molecule has 0 aliphatic carbocycles. The zero-order valence-electron chi connectivity index (χ0n) is 9.59. The largest absolute Gasteiger partial charge is 0.338 e. The predicted octanol–water partition coefficient (Wildman–Crippen LogP) is 3.58. The second kappa shape index (κ2) is 4.50. The van der Waals surface area contributed by atoms with E-state index in [9.17, 15) is 0 Å². The number of halogens is 1. The van der Waals surface area contributed by atoms with Gasteiger partial charge in [-0.25, -0.2) is 4.98 Å². The minimum absolute atomic E-state index is 0.408. The van der Waals surface area contributed by atoms with Gasteiger partial charge in [0, 0.05) is 11.2 Å². The normalized spacial score (nSPS) is 10.5.